The zero-order chi connectivity index (χ0) is 13.6. The molecule has 9 heteroatoms. The third-order valence-electron chi connectivity index (χ3n) is 1.68. The summed E-state index contributed by atoms with van der Waals surface area (Å²) < 4.78 is 30.8. The predicted octanol–water partition coefficient (Wildman–Crippen LogP) is -0.0262. The summed E-state index contributed by atoms with van der Waals surface area (Å²) in [5, 5.41) is 0. The van der Waals surface area contributed by atoms with Gasteiger partial charge in [-0.15, -0.1) is 0 Å². The number of carbonyl (C=O) groups excluding carboxylic acids is 1. The lowest BCUT2D eigenvalue weighted by Gasteiger charge is -2.24. The first-order valence-electron chi connectivity index (χ1n) is 4.95. The maximum absolute atomic E-state index is 11.8. The van der Waals surface area contributed by atoms with Crippen molar-refractivity contribution in [1.29, 1.82) is 0 Å². The topological polar surface area (TPSA) is 102 Å². The molecule has 17 heavy (non-hydrogen) atoms. The number of rotatable bonds is 6. The van der Waals surface area contributed by atoms with Gasteiger partial charge in [0.05, 0.1) is 18.1 Å². The Kier molecular flexibility index (Phi) is 6.35. The van der Waals surface area contributed by atoms with Gasteiger partial charge in [0.2, 0.25) is 0 Å². The molecule has 0 heterocycles. The van der Waals surface area contributed by atoms with E-state index in [1.165, 1.54) is 0 Å². The Morgan fingerprint density at radius 1 is 1.53 bits per heavy atom. The minimum Gasteiger partial charge on any atom is -0.449 e. The van der Waals surface area contributed by atoms with E-state index >= 15 is 0 Å². The first-order chi connectivity index (χ1) is 7.70. The van der Waals surface area contributed by atoms with Crippen LogP contribution in [-0.2, 0) is 14.9 Å². The Hall–Kier alpha value is -0.930. The van der Waals surface area contributed by atoms with Gasteiger partial charge in [0.15, 0.2) is 0 Å². The summed E-state index contributed by atoms with van der Waals surface area (Å²) in [6, 6.07) is -0.386. The lowest BCUT2D eigenvalue weighted by molar-refractivity contribution is 0.158. The number of carbonyl (C=O) groups is 1. The Labute approximate surface area is 106 Å². The molecule has 0 aliphatic heterocycles. The highest BCUT2D eigenvalue weighted by atomic mass is 32.2. The molecule has 0 saturated heterocycles. The number of nitrogens with zero attached hydrogens (tertiary/aromatic N) is 1. The van der Waals surface area contributed by atoms with Crippen LogP contribution in [0.1, 0.15) is 20.8 Å². The molecule has 0 rings (SSSR count). The molecular weight excluding hydrogens is 266 g/mol. The fraction of sp³-hybridized carbons (Fsp3) is 0.750. The lowest BCUT2D eigenvalue weighted by Crippen LogP contribution is -2.49. The predicted molar refractivity (Wildman–Crippen MR) is 67.7 cm³/mol. The van der Waals surface area contributed by atoms with Crippen LogP contribution in [0.3, 0.4) is 0 Å². The van der Waals surface area contributed by atoms with E-state index in [9.17, 15) is 13.2 Å². The van der Waals surface area contributed by atoms with Gasteiger partial charge in [-0.25, -0.2) is 9.52 Å². The summed E-state index contributed by atoms with van der Waals surface area (Å²) in [5.74, 6) is 0. The fourth-order valence-corrected chi connectivity index (χ4v) is 2.49. The van der Waals surface area contributed by atoms with Gasteiger partial charge in [0.1, 0.15) is 0 Å². The summed E-state index contributed by atoms with van der Waals surface area (Å²) in [4.78, 5) is 11.1. The Balaban J connectivity index is 4.84. The monoisotopic (exact) mass is 283 g/mol. The number of thiocarbonyl (C=S) groups is 1. The van der Waals surface area contributed by atoms with Crippen LogP contribution in [0.2, 0.25) is 0 Å². The second kappa shape index (κ2) is 6.72. The van der Waals surface area contributed by atoms with Crippen LogP contribution in [0.4, 0.5) is 4.79 Å². The number of hydrogen-bond acceptors (Lipinski definition) is 5. The van der Waals surface area contributed by atoms with Crippen molar-refractivity contribution in [2.75, 3.05) is 13.2 Å². The number of nitrogens with one attached hydrogen (secondary N) is 1. The molecule has 100 valence electrons. The third-order valence-corrected chi connectivity index (χ3v) is 3.41. The molecule has 0 aromatic rings. The summed E-state index contributed by atoms with van der Waals surface area (Å²) in [7, 11) is -4.00. The van der Waals surface area contributed by atoms with Crippen molar-refractivity contribution in [3.63, 3.8) is 0 Å². The van der Waals surface area contributed by atoms with Gasteiger partial charge >= 0.3 is 16.3 Å². The van der Waals surface area contributed by atoms with Crippen molar-refractivity contribution in [2.24, 2.45) is 5.73 Å². The van der Waals surface area contributed by atoms with Gasteiger partial charge in [-0.05, 0) is 20.8 Å². The molecule has 1 amide bonds. The lowest BCUT2D eigenvalue weighted by atomic mass is 10.4. The molecular formula is C8H17N3O4S2. The first kappa shape index (κ1) is 16.1. The third kappa shape index (κ3) is 5.80. The largest absolute Gasteiger partial charge is 0.449 e. The van der Waals surface area contributed by atoms with Gasteiger partial charge in [0.25, 0.3) is 0 Å². The number of ether oxygens (including phenoxy) is 1. The summed E-state index contributed by atoms with van der Waals surface area (Å²) in [5.41, 5.74) is 5.30. The van der Waals surface area contributed by atoms with E-state index in [0.717, 1.165) is 4.31 Å². The average Bonchev–Trinajstić information content (AvgIpc) is 2.12. The first-order valence-corrected chi connectivity index (χ1v) is 6.80. The van der Waals surface area contributed by atoms with Crippen molar-refractivity contribution < 1.29 is 17.9 Å². The minimum absolute atomic E-state index is 0.0212. The van der Waals surface area contributed by atoms with Gasteiger partial charge in [0, 0.05) is 6.04 Å². The van der Waals surface area contributed by atoms with E-state index in [-0.39, 0.29) is 24.2 Å². The summed E-state index contributed by atoms with van der Waals surface area (Å²) in [6.45, 7) is 4.80. The molecule has 0 radical (unpaired) electrons. The molecule has 0 aliphatic carbocycles. The standard InChI is InChI=1S/C8H17N3O4S2/c1-4-15-8(12)10-17(13,14)11(6(2)3)5-7(9)16/h6H,4-5H2,1-3H3,(H2,9,16)(H,10,12). The van der Waals surface area contributed by atoms with Gasteiger partial charge < -0.3 is 10.5 Å². The zero-order valence-electron chi connectivity index (χ0n) is 9.97. The average molecular weight is 283 g/mol. The normalized spacial score (nSPS) is 11.6. The van der Waals surface area contributed by atoms with Crippen molar-refractivity contribution in [3.8, 4) is 0 Å². The van der Waals surface area contributed by atoms with Crippen LogP contribution in [0, 0.1) is 0 Å². The minimum atomic E-state index is -4.00. The number of nitrogens with two attached hydrogens (primary N) is 1. The molecule has 0 bridgehead atoms. The maximum Gasteiger partial charge on any atom is 0.421 e. The molecule has 0 saturated carbocycles. The number of amides is 1. The van der Waals surface area contributed by atoms with E-state index in [1.807, 2.05) is 0 Å². The van der Waals surface area contributed by atoms with E-state index in [0.29, 0.717) is 0 Å². The second-order valence-electron chi connectivity index (χ2n) is 3.43. The number of hydrogen-bond donors (Lipinski definition) is 2. The highest BCUT2D eigenvalue weighted by Gasteiger charge is 2.27. The molecule has 0 fully saturated rings. The van der Waals surface area contributed by atoms with Crippen LogP contribution < -0.4 is 10.5 Å². The van der Waals surface area contributed by atoms with Gasteiger partial charge in [-0.1, -0.05) is 12.2 Å². The molecule has 0 atom stereocenters. The van der Waals surface area contributed by atoms with Crippen LogP contribution in [0.25, 0.3) is 0 Å². The molecule has 0 spiro atoms. The molecule has 7 nitrogen and oxygen atoms in total. The second-order valence-corrected chi connectivity index (χ2v) is 5.58. The van der Waals surface area contributed by atoms with E-state index in [4.69, 9.17) is 5.73 Å². The SMILES string of the molecule is CCOC(=O)NS(=O)(=O)N(CC(N)=S)C(C)C. The highest BCUT2D eigenvalue weighted by Crippen LogP contribution is 2.04. The van der Waals surface area contributed by atoms with E-state index < -0.39 is 16.3 Å². The van der Waals surface area contributed by atoms with Gasteiger partial charge in [-0.2, -0.15) is 12.7 Å². The van der Waals surface area contributed by atoms with E-state index in [1.54, 1.807) is 25.5 Å². The van der Waals surface area contributed by atoms with Crippen molar-refractivity contribution in [3.05, 3.63) is 0 Å². The van der Waals surface area contributed by atoms with Crippen LogP contribution in [-0.4, -0.2) is 43.0 Å². The van der Waals surface area contributed by atoms with Crippen molar-refractivity contribution in [1.82, 2.24) is 9.03 Å². The van der Waals surface area contributed by atoms with Crippen LogP contribution in [0.5, 0.6) is 0 Å². The van der Waals surface area contributed by atoms with E-state index in [2.05, 4.69) is 17.0 Å². The fourth-order valence-electron chi connectivity index (χ4n) is 1.02. The smallest absolute Gasteiger partial charge is 0.421 e. The van der Waals surface area contributed by atoms with Gasteiger partial charge in [-0.3, -0.25) is 0 Å². The summed E-state index contributed by atoms with van der Waals surface area (Å²) in [6.07, 6.45) is -1.03. The van der Waals surface area contributed by atoms with Crippen molar-refractivity contribution in [2.45, 2.75) is 26.8 Å². The van der Waals surface area contributed by atoms with Crippen molar-refractivity contribution >= 4 is 33.5 Å². The Bertz CT molecular complexity index is 380. The van der Waals surface area contributed by atoms with Crippen LogP contribution >= 0.6 is 12.2 Å². The summed E-state index contributed by atoms with van der Waals surface area (Å²) >= 11 is 4.65. The zero-order valence-corrected chi connectivity index (χ0v) is 11.6. The molecule has 0 aromatic carbocycles. The highest BCUT2D eigenvalue weighted by molar-refractivity contribution is 7.87. The molecule has 0 aromatic heterocycles. The molecule has 0 aliphatic rings. The quantitative estimate of drug-likeness (QED) is 0.664. The van der Waals surface area contributed by atoms with Crippen LogP contribution in [0.15, 0.2) is 0 Å². The Morgan fingerprint density at radius 3 is 2.41 bits per heavy atom. The molecule has 3 N–H and O–H groups in total. The molecule has 0 unspecified atom stereocenters. The Morgan fingerprint density at radius 2 is 2.06 bits per heavy atom. The maximum atomic E-state index is 11.8.